The molecule has 2 heterocycles. The van der Waals surface area contributed by atoms with Gasteiger partial charge < -0.3 is 19.7 Å². The molecule has 7 nitrogen and oxygen atoms in total. The number of hydrogen-bond acceptors (Lipinski definition) is 6. The molecular weight excluding hydrogens is 356 g/mol. The minimum absolute atomic E-state index is 0.143. The minimum Gasteiger partial charge on any atom is -0.493 e. The second-order valence-corrected chi connectivity index (χ2v) is 6.32. The number of anilines is 3. The Labute approximate surface area is 163 Å². The average molecular weight is 376 g/mol. The van der Waals surface area contributed by atoms with Gasteiger partial charge in [0.1, 0.15) is 11.5 Å². The van der Waals surface area contributed by atoms with Crippen molar-refractivity contribution < 1.29 is 14.3 Å². The zero-order valence-electron chi connectivity index (χ0n) is 15.7. The topological polar surface area (TPSA) is 76.6 Å². The predicted octanol–water partition coefficient (Wildman–Crippen LogP) is 3.44. The van der Waals surface area contributed by atoms with Crippen molar-refractivity contribution in [3.63, 3.8) is 0 Å². The van der Waals surface area contributed by atoms with E-state index >= 15 is 0 Å². The molecule has 1 amide bonds. The van der Waals surface area contributed by atoms with Crippen LogP contribution in [0.5, 0.6) is 11.5 Å². The molecule has 0 fully saturated rings. The van der Waals surface area contributed by atoms with Crippen molar-refractivity contribution in [2.24, 2.45) is 0 Å². The van der Waals surface area contributed by atoms with Gasteiger partial charge in [0.15, 0.2) is 11.5 Å². The normalized spacial score (nSPS) is 12.4. The van der Waals surface area contributed by atoms with Crippen LogP contribution in [0.15, 0.2) is 54.9 Å². The molecule has 3 aromatic rings. The number of fused-ring (bicyclic) bond motifs is 1. The van der Waals surface area contributed by atoms with Gasteiger partial charge in [-0.1, -0.05) is 18.2 Å². The number of hydrogen-bond donors (Lipinski definition) is 1. The fourth-order valence-corrected chi connectivity index (χ4v) is 3.25. The Morgan fingerprint density at radius 3 is 2.61 bits per heavy atom. The van der Waals surface area contributed by atoms with Crippen LogP contribution in [0.4, 0.5) is 17.2 Å². The van der Waals surface area contributed by atoms with Crippen LogP contribution in [-0.4, -0.2) is 36.6 Å². The summed E-state index contributed by atoms with van der Waals surface area (Å²) in [4.78, 5) is 23.2. The fraction of sp³-hybridized carbons (Fsp3) is 0.190. The van der Waals surface area contributed by atoms with Gasteiger partial charge in [0.25, 0.3) is 5.91 Å². The summed E-state index contributed by atoms with van der Waals surface area (Å²) in [5, 5.41) is 3.15. The molecule has 0 radical (unpaired) electrons. The third-order valence-electron chi connectivity index (χ3n) is 4.66. The lowest BCUT2D eigenvalue weighted by atomic mass is 10.2. The Bertz CT molecular complexity index is 1000. The quantitative estimate of drug-likeness (QED) is 0.735. The molecule has 0 saturated carbocycles. The third kappa shape index (κ3) is 3.34. The molecule has 28 heavy (non-hydrogen) atoms. The molecule has 1 aliphatic rings. The van der Waals surface area contributed by atoms with Gasteiger partial charge in [-0.15, -0.1) is 0 Å². The monoisotopic (exact) mass is 376 g/mol. The molecule has 0 atom stereocenters. The molecule has 0 spiro atoms. The van der Waals surface area contributed by atoms with Crippen molar-refractivity contribution in [2.75, 3.05) is 31.0 Å². The second-order valence-electron chi connectivity index (χ2n) is 6.32. The van der Waals surface area contributed by atoms with Crippen molar-refractivity contribution >= 4 is 23.1 Å². The van der Waals surface area contributed by atoms with E-state index in [0.717, 1.165) is 17.8 Å². The van der Waals surface area contributed by atoms with E-state index in [1.807, 2.05) is 30.3 Å². The van der Waals surface area contributed by atoms with Crippen LogP contribution in [0.25, 0.3) is 0 Å². The first-order valence-electron chi connectivity index (χ1n) is 8.90. The molecule has 0 saturated heterocycles. The number of benzene rings is 2. The Balaban J connectivity index is 1.49. The Hall–Kier alpha value is -3.61. The highest BCUT2D eigenvalue weighted by Crippen LogP contribution is 2.31. The van der Waals surface area contributed by atoms with E-state index < -0.39 is 0 Å². The fourth-order valence-electron chi connectivity index (χ4n) is 3.25. The SMILES string of the molecule is COc1ccc(Nc2cnc(C(=O)N3CCc4ccccc43)cn2)cc1OC. The number of rotatable bonds is 5. The number of carbonyl (C=O) groups excluding carboxylic acids is 1. The summed E-state index contributed by atoms with van der Waals surface area (Å²) in [6.45, 7) is 0.658. The number of aromatic nitrogens is 2. The van der Waals surface area contributed by atoms with E-state index in [1.165, 1.54) is 11.8 Å². The van der Waals surface area contributed by atoms with Crippen LogP contribution in [0, 0.1) is 0 Å². The van der Waals surface area contributed by atoms with Crippen LogP contribution in [0.2, 0.25) is 0 Å². The Kier molecular flexibility index (Phi) is 4.80. The van der Waals surface area contributed by atoms with Crippen LogP contribution in [0.1, 0.15) is 16.1 Å². The van der Waals surface area contributed by atoms with E-state index in [2.05, 4.69) is 15.3 Å². The van der Waals surface area contributed by atoms with E-state index in [-0.39, 0.29) is 5.91 Å². The molecule has 0 unspecified atom stereocenters. The number of nitrogens with one attached hydrogen (secondary N) is 1. The van der Waals surface area contributed by atoms with Gasteiger partial charge in [-0.2, -0.15) is 0 Å². The van der Waals surface area contributed by atoms with Gasteiger partial charge in [-0.3, -0.25) is 4.79 Å². The highest BCUT2D eigenvalue weighted by molar-refractivity contribution is 6.05. The lowest BCUT2D eigenvalue weighted by Crippen LogP contribution is -2.29. The first kappa shape index (κ1) is 17.8. The lowest BCUT2D eigenvalue weighted by molar-refractivity contribution is 0.0984. The summed E-state index contributed by atoms with van der Waals surface area (Å²) in [6.07, 6.45) is 3.90. The van der Waals surface area contributed by atoms with E-state index in [9.17, 15) is 4.79 Å². The van der Waals surface area contributed by atoms with Gasteiger partial charge in [0.05, 0.1) is 26.6 Å². The number of nitrogens with zero attached hydrogens (tertiary/aromatic N) is 3. The zero-order chi connectivity index (χ0) is 19.5. The number of para-hydroxylation sites is 1. The molecule has 4 rings (SSSR count). The van der Waals surface area contributed by atoms with Crippen LogP contribution >= 0.6 is 0 Å². The minimum atomic E-state index is -0.143. The summed E-state index contributed by atoms with van der Waals surface area (Å²) < 4.78 is 10.5. The highest BCUT2D eigenvalue weighted by Gasteiger charge is 2.26. The molecule has 2 aromatic carbocycles. The number of carbonyl (C=O) groups is 1. The summed E-state index contributed by atoms with van der Waals surface area (Å²) in [6, 6.07) is 13.4. The average Bonchev–Trinajstić information content (AvgIpc) is 3.18. The van der Waals surface area contributed by atoms with Crippen molar-refractivity contribution in [3.05, 3.63) is 66.1 Å². The molecular formula is C21H20N4O3. The smallest absolute Gasteiger partial charge is 0.278 e. The molecule has 0 bridgehead atoms. The van der Waals surface area contributed by atoms with Gasteiger partial charge >= 0.3 is 0 Å². The predicted molar refractivity (Wildman–Crippen MR) is 107 cm³/mol. The van der Waals surface area contributed by atoms with Crippen molar-refractivity contribution in [1.29, 1.82) is 0 Å². The van der Waals surface area contributed by atoms with Gasteiger partial charge in [0, 0.05) is 24.0 Å². The Morgan fingerprint density at radius 1 is 1.04 bits per heavy atom. The van der Waals surface area contributed by atoms with Crippen LogP contribution < -0.4 is 19.7 Å². The third-order valence-corrected chi connectivity index (χ3v) is 4.66. The standard InChI is InChI=1S/C21H20N4O3/c1-27-18-8-7-15(11-19(18)28-2)24-20-13-22-16(12-23-20)21(26)25-10-9-14-5-3-4-6-17(14)25/h3-8,11-13H,9-10H2,1-2H3,(H,23,24). The number of methoxy groups -OCH3 is 2. The first-order chi connectivity index (χ1) is 13.7. The summed E-state index contributed by atoms with van der Waals surface area (Å²) >= 11 is 0. The summed E-state index contributed by atoms with van der Waals surface area (Å²) in [5.41, 5.74) is 3.21. The van der Waals surface area contributed by atoms with Crippen molar-refractivity contribution in [3.8, 4) is 11.5 Å². The van der Waals surface area contributed by atoms with Crippen LogP contribution in [0.3, 0.4) is 0 Å². The summed E-state index contributed by atoms with van der Waals surface area (Å²) in [7, 11) is 3.17. The van der Waals surface area contributed by atoms with E-state index in [0.29, 0.717) is 29.6 Å². The van der Waals surface area contributed by atoms with E-state index in [4.69, 9.17) is 9.47 Å². The van der Waals surface area contributed by atoms with Gasteiger partial charge in [-0.05, 0) is 30.2 Å². The number of ether oxygens (including phenoxy) is 2. The van der Waals surface area contributed by atoms with Gasteiger partial charge in [0.2, 0.25) is 0 Å². The largest absolute Gasteiger partial charge is 0.493 e. The first-order valence-corrected chi connectivity index (χ1v) is 8.90. The highest BCUT2D eigenvalue weighted by atomic mass is 16.5. The summed E-state index contributed by atoms with van der Waals surface area (Å²) in [5.74, 6) is 1.65. The molecule has 0 aliphatic carbocycles. The Morgan fingerprint density at radius 2 is 1.86 bits per heavy atom. The van der Waals surface area contributed by atoms with E-state index in [1.54, 1.807) is 37.4 Å². The van der Waals surface area contributed by atoms with Gasteiger partial charge in [-0.25, -0.2) is 9.97 Å². The maximum absolute atomic E-state index is 12.8. The number of amides is 1. The maximum Gasteiger partial charge on any atom is 0.278 e. The molecule has 1 aliphatic heterocycles. The molecule has 1 N–H and O–H groups in total. The lowest BCUT2D eigenvalue weighted by Gasteiger charge is -2.16. The zero-order valence-corrected chi connectivity index (χ0v) is 15.7. The molecule has 7 heteroatoms. The molecule has 1 aromatic heterocycles. The van der Waals surface area contributed by atoms with Crippen LogP contribution in [-0.2, 0) is 6.42 Å². The van der Waals surface area contributed by atoms with Crippen molar-refractivity contribution in [1.82, 2.24) is 9.97 Å². The second kappa shape index (κ2) is 7.56. The molecule has 142 valence electrons. The van der Waals surface area contributed by atoms with Crippen molar-refractivity contribution in [2.45, 2.75) is 6.42 Å². The maximum atomic E-state index is 12.8.